The minimum absolute atomic E-state index is 0.0887. The van der Waals surface area contributed by atoms with E-state index < -0.39 is 0 Å². The predicted molar refractivity (Wildman–Crippen MR) is 81.2 cm³/mol. The van der Waals surface area contributed by atoms with E-state index in [2.05, 4.69) is 5.32 Å². The van der Waals surface area contributed by atoms with Crippen LogP contribution in [-0.2, 0) is 4.79 Å². The molecule has 2 aromatic rings. The van der Waals surface area contributed by atoms with E-state index in [-0.39, 0.29) is 28.5 Å². The zero-order valence-electron chi connectivity index (χ0n) is 11.5. The van der Waals surface area contributed by atoms with Gasteiger partial charge in [0.05, 0.1) is 11.0 Å². The Labute approximate surface area is 126 Å². The van der Waals surface area contributed by atoms with Crippen molar-refractivity contribution in [2.24, 2.45) is 0 Å². The van der Waals surface area contributed by atoms with E-state index >= 15 is 0 Å². The highest BCUT2D eigenvalue weighted by Crippen LogP contribution is 2.35. The van der Waals surface area contributed by atoms with Crippen LogP contribution in [-0.4, -0.2) is 18.7 Å². The predicted octanol–water partition coefficient (Wildman–Crippen LogP) is 3.53. The van der Waals surface area contributed by atoms with Gasteiger partial charge in [-0.1, -0.05) is 24.3 Å². The van der Waals surface area contributed by atoms with E-state index in [0.717, 1.165) is 11.1 Å². The molecule has 2 aromatic carbocycles. The number of halogens is 2. The van der Waals surface area contributed by atoms with Crippen LogP contribution in [0.5, 0.6) is 0 Å². The van der Waals surface area contributed by atoms with Crippen molar-refractivity contribution in [3.8, 4) is 0 Å². The van der Waals surface area contributed by atoms with Crippen molar-refractivity contribution in [2.45, 2.75) is 5.25 Å². The number of benzene rings is 2. The van der Waals surface area contributed by atoms with Crippen LogP contribution in [0.1, 0.15) is 16.4 Å². The molecule has 21 heavy (non-hydrogen) atoms. The van der Waals surface area contributed by atoms with Crippen molar-refractivity contribution in [1.82, 2.24) is 5.32 Å². The summed E-state index contributed by atoms with van der Waals surface area (Å²) in [6, 6.07) is 12.2. The minimum Gasteiger partial charge on any atom is -0.358 e. The number of carbonyl (C=O) groups is 1. The molecule has 2 nitrogen and oxygen atoms in total. The van der Waals surface area contributed by atoms with Gasteiger partial charge in [0, 0.05) is 7.05 Å². The third-order valence-electron chi connectivity index (χ3n) is 3.01. The number of amides is 1. The normalized spacial score (nSPS) is 10.7. The summed E-state index contributed by atoms with van der Waals surface area (Å²) in [5.41, 5.74) is 1.74. The van der Waals surface area contributed by atoms with Crippen LogP contribution in [0.2, 0.25) is 0 Å². The summed E-state index contributed by atoms with van der Waals surface area (Å²) in [4.78, 5) is 11.4. The summed E-state index contributed by atoms with van der Waals surface area (Å²) in [6.45, 7) is 0. The third kappa shape index (κ3) is 4.29. The Morgan fingerprint density at radius 2 is 1.43 bits per heavy atom. The average molecular weight is 307 g/mol. The number of carbonyl (C=O) groups excluding carboxylic acids is 1. The molecule has 0 bridgehead atoms. The van der Waals surface area contributed by atoms with Crippen LogP contribution in [0.3, 0.4) is 0 Å². The van der Waals surface area contributed by atoms with Crippen molar-refractivity contribution in [3.63, 3.8) is 0 Å². The quantitative estimate of drug-likeness (QED) is 0.915. The maximum Gasteiger partial charge on any atom is 0.229 e. The van der Waals surface area contributed by atoms with Crippen LogP contribution in [0, 0.1) is 11.6 Å². The zero-order chi connectivity index (χ0) is 15.2. The van der Waals surface area contributed by atoms with Gasteiger partial charge in [0.25, 0.3) is 0 Å². The van der Waals surface area contributed by atoms with Crippen LogP contribution in [0.15, 0.2) is 48.5 Å². The molecule has 0 saturated carbocycles. The van der Waals surface area contributed by atoms with Crippen molar-refractivity contribution >= 4 is 17.7 Å². The number of nitrogens with one attached hydrogen (secondary N) is 1. The Balaban J connectivity index is 2.27. The van der Waals surface area contributed by atoms with Crippen molar-refractivity contribution in [1.29, 1.82) is 0 Å². The van der Waals surface area contributed by atoms with Gasteiger partial charge in [0.1, 0.15) is 11.6 Å². The summed E-state index contributed by atoms with van der Waals surface area (Å²) < 4.78 is 26.1. The summed E-state index contributed by atoms with van der Waals surface area (Å²) in [7, 11) is 1.58. The SMILES string of the molecule is CNC(=O)CSC(c1ccc(F)cc1)c1ccc(F)cc1. The first-order chi connectivity index (χ1) is 10.1. The molecule has 2 rings (SSSR count). The molecule has 0 heterocycles. The van der Waals surface area contributed by atoms with E-state index in [0.29, 0.717) is 0 Å². The molecule has 0 aromatic heterocycles. The maximum absolute atomic E-state index is 13.1. The van der Waals surface area contributed by atoms with Crippen molar-refractivity contribution < 1.29 is 13.6 Å². The van der Waals surface area contributed by atoms with Gasteiger partial charge < -0.3 is 5.32 Å². The average Bonchev–Trinajstić information content (AvgIpc) is 2.50. The smallest absolute Gasteiger partial charge is 0.229 e. The molecule has 0 aliphatic rings. The first kappa shape index (κ1) is 15.5. The van der Waals surface area contributed by atoms with Gasteiger partial charge in [-0.3, -0.25) is 4.79 Å². The maximum atomic E-state index is 13.1. The lowest BCUT2D eigenvalue weighted by Crippen LogP contribution is -2.20. The number of hydrogen-bond acceptors (Lipinski definition) is 2. The molecule has 1 amide bonds. The Kier molecular flexibility index (Phi) is 5.33. The highest BCUT2D eigenvalue weighted by atomic mass is 32.2. The van der Waals surface area contributed by atoms with Crippen LogP contribution >= 0.6 is 11.8 Å². The molecule has 0 spiro atoms. The van der Waals surface area contributed by atoms with E-state index in [4.69, 9.17) is 0 Å². The first-order valence-corrected chi connectivity index (χ1v) is 7.48. The van der Waals surface area contributed by atoms with Gasteiger partial charge in [-0.15, -0.1) is 11.8 Å². The van der Waals surface area contributed by atoms with Crippen LogP contribution < -0.4 is 5.32 Å². The van der Waals surface area contributed by atoms with Crippen LogP contribution in [0.4, 0.5) is 8.78 Å². The molecule has 0 aliphatic heterocycles. The van der Waals surface area contributed by atoms with Gasteiger partial charge in [0.15, 0.2) is 0 Å². The van der Waals surface area contributed by atoms with Gasteiger partial charge in [-0.05, 0) is 35.4 Å². The fourth-order valence-corrected chi connectivity index (χ4v) is 3.05. The first-order valence-electron chi connectivity index (χ1n) is 6.43. The summed E-state index contributed by atoms with van der Waals surface area (Å²) in [5.74, 6) is -0.439. The van der Waals surface area contributed by atoms with Crippen molar-refractivity contribution in [3.05, 3.63) is 71.3 Å². The lowest BCUT2D eigenvalue weighted by atomic mass is 10.0. The van der Waals surface area contributed by atoms with Gasteiger partial charge >= 0.3 is 0 Å². The van der Waals surface area contributed by atoms with E-state index in [1.165, 1.54) is 36.0 Å². The summed E-state index contributed by atoms with van der Waals surface area (Å²) in [6.07, 6.45) is 0. The lowest BCUT2D eigenvalue weighted by molar-refractivity contribution is -0.118. The molecule has 1 N–H and O–H groups in total. The van der Waals surface area contributed by atoms with Crippen LogP contribution in [0.25, 0.3) is 0 Å². The van der Waals surface area contributed by atoms with Gasteiger partial charge in [-0.25, -0.2) is 8.78 Å². The monoisotopic (exact) mass is 307 g/mol. The summed E-state index contributed by atoms with van der Waals surface area (Å²) >= 11 is 1.42. The number of hydrogen-bond donors (Lipinski definition) is 1. The largest absolute Gasteiger partial charge is 0.358 e. The minimum atomic E-state index is -0.312. The Bertz CT molecular complexity index is 553. The lowest BCUT2D eigenvalue weighted by Gasteiger charge is -2.17. The molecule has 0 fully saturated rings. The van der Waals surface area contributed by atoms with Gasteiger partial charge in [0.2, 0.25) is 5.91 Å². The van der Waals surface area contributed by atoms with Crippen molar-refractivity contribution in [2.75, 3.05) is 12.8 Å². The fraction of sp³-hybridized carbons (Fsp3) is 0.188. The second-order valence-corrected chi connectivity index (χ2v) is 5.56. The number of rotatable bonds is 5. The second-order valence-electron chi connectivity index (χ2n) is 4.47. The molecule has 0 saturated heterocycles. The van der Waals surface area contributed by atoms with E-state index in [1.807, 2.05) is 0 Å². The molecular weight excluding hydrogens is 292 g/mol. The topological polar surface area (TPSA) is 29.1 Å². The third-order valence-corrected chi connectivity index (χ3v) is 4.31. The zero-order valence-corrected chi connectivity index (χ0v) is 12.3. The molecule has 5 heteroatoms. The Morgan fingerprint density at radius 1 is 1.00 bits per heavy atom. The highest BCUT2D eigenvalue weighted by Gasteiger charge is 2.16. The van der Waals surface area contributed by atoms with E-state index in [9.17, 15) is 13.6 Å². The molecule has 0 unspecified atom stereocenters. The molecule has 0 radical (unpaired) electrons. The molecule has 110 valence electrons. The Hall–Kier alpha value is -1.88. The van der Waals surface area contributed by atoms with Gasteiger partial charge in [-0.2, -0.15) is 0 Å². The summed E-state index contributed by atoms with van der Waals surface area (Å²) in [5, 5.41) is 2.41. The standard InChI is InChI=1S/C16H15F2NOS/c1-19-15(20)10-21-16(11-2-6-13(17)7-3-11)12-4-8-14(18)9-5-12/h2-9,16H,10H2,1H3,(H,19,20). The molecule has 0 atom stereocenters. The van der Waals surface area contributed by atoms with E-state index in [1.54, 1.807) is 31.3 Å². The Morgan fingerprint density at radius 3 is 1.81 bits per heavy atom. The number of thioether (sulfide) groups is 1. The molecular formula is C16H15F2NOS. The highest BCUT2D eigenvalue weighted by molar-refractivity contribution is 8.00. The fourth-order valence-electron chi connectivity index (χ4n) is 1.89. The molecule has 0 aliphatic carbocycles. The second kappa shape index (κ2) is 7.22.